The Morgan fingerprint density at radius 1 is 1.33 bits per heavy atom. The van der Waals surface area contributed by atoms with Crippen LogP contribution >= 0.6 is 11.3 Å². The number of hydrogen-bond donors (Lipinski definition) is 1. The van der Waals surface area contributed by atoms with Gasteiger partial charge in [-0.1, -0.05) is 6.07 Å². The summed E-state index contributed by atoms with van der Waals surface area (Å²) >= 11 is 1.77. The van der Waals surface area contributed by atoms with E-state index in [1.54, 1.807) is 11.3 Å². The molecule has 2 aromatic heterocycles. The molecule has 0 spiro atoms. The zero-order valence-electron chi connectivity index (χ0n) is 10.3. The third kappa shape index (κ3) is 1.88. The van der Waals surface area contributed by atoms with Gasteiger partial charge in [-0.05, 0) is 36.6 Å². The van der Waals surface area contributed by atoms with Crippen LogP contribution in [0.3, 0.4) is 0 Å². The molecule has 3 rings (SSSR count). The number of fused-ring (bicyclic) bond motifs is 1. The van der Waals surface area contributed by atoms with E-state index in [9.17, 15) is 0 Å². The maximum atomic E-state index is 5.81. The lowest BCUT2D eigenvalue weighted by atomic mass is 10.3. The molecule has 3 nitrogen and oxygen atoms in total. The van der Waals surface area contributed by atoms with Crippen LogP contribution in [0.1, 0.15) is 17.6 Å². The Morgan fingerprint density at radius 2 is 2.22 bits per heavy atom. The number of imidazole rings is 1. The average molecular weight is 257 g/mol. The van der Waals surface area contributed by atoms with Gasteiger partial charge in [0.2, 0.25) is 0 Å². The first-order chi connectivity index (χ1) is 8.78. The van der Waals surface area contributed by atoms with Crippen LogP contribution in [-0.4, -0.2) is 9.55 Å². The first kappa shape index (κ1) is 11.3. The molecule has 0 radical (unpaired) electrons. The van der Waals surface area contributed by atoms with Crippen LogP contribution in [0, 0.1) is 0 Å². The van der Waals surface area contributed by atoms with Crippen molar-refractivity contribution in [1.29, 1.82) is 0 Å². The zero-order valence-corrected chi connectivity index (χ0v) is 11.1. The van der Waals surface area contributed by atoms with Gasteiger partial charge in [0.15, 0.2) is 0 Å². The lowest BCUT2D eigenvalue weighted by molar-refractivity contribution is 0.736. The van der Waals surface area contributed by atoms with Crippen molar-refractivity contribution in [3.05, 3.63) is 46.4 Å². The van der Waals surface area contributed by atoms with E-state index in [0.717, 1.165) is 30.0 Å². The first-order valence-electron chi connectivity index (χ1n) is 6.05. The standard InChI is InChI=1S/C14H15N3S/c1-2-17-13-6-5-10(15)8-12(13)16-14(17)9-11-4-3-7-18-11/h3-8H,2,9,15H2,1H3. The molecular formula is C14H15N3S. The molecule has 0 aliphatic heterocycles. The lowest BCUT2D eigenvalue weighted by Crippen LogP contribution is -2.01. The van der Waals surface area contributed by atoms with Crippen LogP contribution in [0.2, 0.25) is 0 Å². The molecule has 0 atom stereocenters. The average Bonchev–Trinajstić information content (AvgIpc) is 2.96. The Kier molecular flexibility index (Phi) is 2.80. The van der Waals surface area contributed by atoms with Crippen molar-refractivity contribution in [3.8, 4) is 0 Å². The largest absolute Gasteiger partial charge is 0.399 e. The second-order valence-corrected chi connectivity index (χ2v) is 5.31. The second-order valence-electron chi connectivity index (χ2n) is 4.28. The molecule has 0 saturated carbocycles. The molecule has 18 heavy (non-hydrogen) atoms. The fraction of sp³-hybridized carbons (Fsp3) is 0.214. The van der Waals surface area contributed by atoms with E-state index in [0.29, 0.717) is 0 Å². The smallest absolute Gasteiger partial charge is 0.115 e. The number of benzene rings is 1. The zero-order chi connectivity index (χ0) is 12.5. The molecule has 0 aliphatic rings. The van der Waals surface area contributed by atoms with Crippen LogP contribution < -0.4 is 5.73 Å². The predicted molar refractivity (Wildman–Crippen MR) is 76.9 cm³/mol. The Hall–Kier alpha value is -1.81. The molecule has 0 bridgehead atoms. The van der Waals surface area contributed by atoms with E-state index in [2.05, 4.69) is 35.1 Å². The van der Waals surface area contributed by atoms with Crippen molar-refractivity contribution in [1.82, 2.24) is 9.55 Å². The van der Waals surface area contributed by atoms with Crippen molar-refractivity contribution < 1.29 is 0 Å². The summed E-state index contributed by atoms with van der Waals surface area (Å²) in [6.45, 7) is 3.08. The van der Waals surface area contributed by atoms with Gasteiger partial charge in [-0.25, -0.2) is 4.98 Å². The normalized spacial score (nSPS) is 11.2. The predicted octanol–water partition coefficient (Wildman–Crippen LogP) is 3.29. The fourth-order valence-electron chi connectivity index (χ4n) is 2.25. The van der Waals surface area contributed by atoms with Gasteiger partial charge < -0.3 is 10.3 Å². The molecule has 4 heteroatoms. The van der Waals surface area contributed by atoms with Gasteiger partial charge in [0.1, 0.15) is 5.82 Å². The van der Waals surface area contributed by atoms with Crippen LogP contribution in [0.25, 0.3) is 11.0 Å². The Labute approximate surface area is 110 Å². The van der Waals surface area contributed by atoms with E-state index < -0.39 is 0 Å². The van der Waals surface area contributed by atoms with Gasteiger partial charge in [-0.3, -0.25) is 0 Å². The van der Waals surface area contributed by atoms with Crippen molar-refractivity contribution >= 4 is 28.1 Å². The molecule has 92 valence electrons. The summed E-state index contributed by atoms with van der Waals surface area (Å²) in [5, 5.41) is 2.10. The highest BCUT2D eigenvalue weighted by Gasteiger charge is 2.10. The summed E-state index contributed by atoms with van der Waals surface area (Å²) in [6, 6.07) is 10.2. The third-order valence-corrected chi connectivity index (χ3v) is 3.96. The maximum Gasteiger partial charge on any atom is 0.115 e. The lowest BCUT2D eigenvalue weighted by Gasteiger charge is -2.04. The molecule has 2 heterocycles. The van der Waals surface area contributed by atoms with Gasteiger partial charge in [-0.2, -0.15) is 0 Å². The van der Waals surface area contributed by atoms with Gasteiger partial charge in [0.05, 0.1) is 11.0 Å². The summed E-state index contributed by atoms with van der Waals surface area (Å²) in [6.07, 6.45) is 0.889. The molecule has 0 amide bonds. The van der Waals surface area contributed by atoms with Gasteiger partial charge >= 0.3 is 0 Å². The van der Waals surface area contributed by atoms with E-state index in [4.69, 9.17) is 10.7 Å². The SMILES string of the molecule is CCn1c(Cc2cccs2)nc2cc(N)ccc21. The highest BCUT2D eigenvalue weighted by atomic mass is 32.1. The van der Waals surface area contributed by atoms with Crippen LogP contribution in [0.15, 0.2) is 35.7 Å². The minimum atomic E-state index is 0.769. The number of aromatic nitrogens is 2. The van der Waals surface area contributed by atoms with Crippen molar-refractivity contribution in [3.63, 3.8) is 0 Å². The topological polar surface area (TPSA) is 43.8 Å². The highest BCUT2D eigenvalue weighted by molar-refractivity contribution is 7.09. The fourth-order valence-corrected chi connectivity index (χ4v) is 2.96. The van der Waals surface area contributed by atoms with Crippen LogP contribution in [-0.2, 0) is 13.0 Å². The van der Waals surface area contributed by atoms with Gasteiger partial charge in [-0.15, -0.1) is 11.3 Å². The van der Waals surface area contributed by atoms with Crippen LogP contribution in [0.4, 0.5) is 5.69 Å². The highest BCUT2D eigenvalue weighted by Crippen LogP contribution is 2.22. The number of thiophene rings is 1. The molecule has 1 aromatic carbocycles. The molecule has 0 fully saturated rings. The first-order valence-corrected chi connectivity index (χ1v) is 6.93. The van der Waals surface area contributed by atoms with E-state index >= 15 is 0 Å². The molecule has 0 saturated heterocycles. The molecule has 0 unspecified atom stereocenters. The Morgan fingerprint density at radius 3 is 2.94 bits per heavy atom. The number of nitrogens with two attached hydrogens (primary N) is 1. The summed E-state index contributed by atoms with van der Waals surface area (Å²) in [5.41, 5.74) is 8.74. The molecular weight excluding hydrogens is 242 g/mol. The van der Waals surface area contributed by atoms with E-state index in [1.165, 1.54) is 10.4 Å². The van der Waals surface area contributed by atoms with Gasteiger partial charge in [0, 0.05) is 23.5 Å². The third-order valence-electron chi connectivity index (χ3n) is 3.08. The maximum absolute atomic E-state index is 5.81. The molecule has 3 aromatic rings. The number of nitrogen functional groups attached to an aromatic ring is 1. The monoisotopic (exact) mass is 257 g/mol. The summed E-state index contributed by atoms with van der Waals surface area (Å²) < 4.78 is 2.26. The Balaban J connectivity index is 2.10. The number of rotatable bonds is 3. The van der Waals surface area contributed by atoms with Gasteiger partial charge in [0.25, 0.3) is 0 Å². The summed E-state index contributed by atoms with van der Waals surface area (Å²) in [7, 11) is 0. The number of aryl methyl sites for hydroxylation is 1. The van der Waals surface area contributed by atoms with Crippen LogP contribution in [0.5, 0.6) is 0 Å². The molecule has 2 N–H and O–H groups in total. The quantitative estimate of drug-likeness (QED) is 0.732. The van der Waals surface area contributed by atoms with Crippen molar-refractivity contribution in [2.45, 2.75) is 19.9 Å². The summed E-state index contributed by atoms with van der Waals surface area (Å²) in [5.74, 6) is 1.11. The van der Waals surface area contributed by atoms with Crippen molar-refractivity contribution in [2.75, 3.05) is 5.73 Å². The Bertz CT molecular complexity index is 668. The molecule has 0 aliphatic carbocycles. The van der Waals surface area contributed by atoms with E-state index in [1.807, 2.05) is 12.1 Å². The minimum absolute atomic E-state index is 0.769. The second kappa shape index (κ2) is 4.46. The number of hydrogen-bond acceptors (Lipinski definition) is 3. The summed E-state index contributed by atoms with van der Waals surface area (Å²) in [4.78, 5) is 6.05. The number of anilines is 1. The number of nitrogens with zero attached hydrogens (tertiary/aromatic N) is 2. The van der Waals surface area contributed by atoms with E-state index in [-0.39, 0.29) is 0 Å². The minimum Gasteiger partial charge on any atom is -0.399 e. The van der Waals surface area contributed by atoms with Crippen molar-refractivity contribution in [2.24, 2.45) is 0 Å².